The second-order valence-corrected chi connectivity index (χ2v) is 13.6. The summed E-state index contributed by atoms with van der Waals surface area (Å²) in [4.78, 5) is 31.6. The number of nitrogens with zero attached hydrogens (tertiary/aromatic N) is 1. The van der Waals surface area contributed by atoms with Crippen LogP contribution in [-0.4, -0.2) is 53.5 Å². The van der Waals surface area contributed by atoms with Gasteiger partial charge in [-0.25, -0.2) is 9.78 Å². The third-order valence-electron chi connectivity index (χ3n) is 8.73. The van der Waals surface area contributed by atoms with Crippen molar-refractivity contribution in [3.63, 3.8) is 0 Å². The van der Waals surface area contributed by atoms with E-state index in [0.29, 0.717) is 19.4 Å². The maximum atomic E-state index is 6.72. The molecule has 8 heteroatoms. The fourth-order valence-corrected chi connectivity index (χ4v) is 6.80. The van der Waals surface area contributed by atoms with Gasteiger partial charge >= 0.3 is 0 Å². The van der Waals surface area contributed by atoms with Gasteiger partial charge in [0.15, 0.2) is 0 Å². The van der Waals surface area contributed by atoms with Crippen LogP contribution in [0.1, 0.15) is 123 Å². The molecule has 0 spiro atoms. The van der Waals surface area contributed by atoms with Crippen molar-refractivity contribution in [1.29, 1.82) is 0 Å². The Labute approximate surface area is 240 Å². The Hall–Kier alpha value is -1.26. The smallest absolute Gasteiger partial charge is 0.237 e. The minimum atomic E-state index is -1.02. The van der Waals surface area contributed by atoms with E-state index >= 15 is 0 Å². The molecule has 1 aromatic carbocycles. The molecular formula is C32H51NO7. The Morgan fingerprint density at radius 1 is 0.800 bits per heavy atom. The lowest BCUT2D eigenvalue weighted by Crippen LogP contribution is -2.66. The Morgan fingerprint density at radius 3 is 1.77 bits per heavy atom. The molecule has 0 bridgehead atoms. The molecule has 1 aromatic rings. The zero-order chi connectivity index (χ0) is 28.2. The summed E-state index contributed by atoms with van der Waals surface area (Å²) < 4.78 is 11.0. The van der Waals surface area contributed by atoms with Gasteiger partial charge in [-0.05, 0) is 78.0 Å². The van der Waals surface area contributed by atoms with E-state index in [1.807, 2.05) is 12.1 Å². The highest BCUT2D eigenvalue weighted by Gasteiger charge is 2.57. The molecule has 0 radical (unpaired) electrons. The minimum Gasteiger partial charge on any atom is -0.491 e. The van der Waals surface area contributed by atoms with Gasteiger partial charge in [-0.1, -0.05) is 50.7 Å². The van der Waals surface area contributed by atoms with Crippen LogP contribution in [0.2, 0.25) is 0 Å². The quantitative estimate of drug-likeness (QED) is 0.113. The Morgan fingerprint density at radius 2 is 1.30 bits per heavy atom. The first-order valence-electron chi connectivity index (χ1n) is 15.6. The molecule has 226 valence electrons. The van der Waals surface area contributed by atoms with E-state index in [-0.39, 0.29) is 24.4 Å². The zero-order valence-corrected chi connectivity index (χ0v) is 25.3. The second-order valence-electron chi connectivity index (χ2n) is 13.6. The van der Waals surface area contributed by atoms with Crippen LogP contribution in [0.4, 0.5) is 0 Å². The maximum absolute atomic E-state index is 6.72. The number of epoxide rings is 1. The number of hydrogen-bond acceptors (Lipinski definition) is 8. The fraction of sp³-hybridized carbons (Fsp3) is 0.812. The molecule has 40 heavy (non-hydrogen) atoms. The average molecular weight is 562 g/mol. The normalized spacial score (nSPS) is 27.8. The van der Waals surface area contributed by atoms with Crippen LogP contribution in [-0.2, 0) is 29.1 Å². The molecular weight excluding hydrogens is 510 g/mol. The molecule has 2 aliphatic carbocycles. The van der Waals surface area contributed by atoms with E-state index in [1.165, 1.54) is 38.5 Å². The van der Waals surface area contributed by atoms with Gasteiger partial charge < -0.3 is 9.47 Å². The monoisotopic (exact) mass is 561 g/mol. The molecule has 2 aliphatic heterocycles. The molecule has 4 aliphatic rings. The highest BCUT2D eigenvalue weighted by molar-refractivity contribution is 5.28. The van der Waals surface area contributed by atoms with Crippen molar-refractivity contribution in [3.8, 4) is 5.75 Å². The van der Waals surface area contributed by atoms with Crippen molar-refractivity contribution >= 4 is 0 Å². The number of piperidine rings is 1. The van der Waals surface area contributed by atoms with Gasteiger partial charge in [0.25, 0.3) is 0 Å². The van der Waals surface area contributed by atoms with Gasteiger partial charge in [0, 0.05) is 23.9 Å². The molecule has 2 atom stereocenters. The largest absolute Gasteiger partial charge is 0.491 e. The number of ether oxygens (including phenoxy) is 2. The summed E-state index contributed by atoms with van der Waals surface area (Å²) >= 11 is 0. The number of benzene rings is 1. The summed E-state index contributed by atoms with van der Waals surface area (Å²) in [7, 11) is 0. The molecule has 2 saturated heterocycles. The summed E-state index contributed by atoms with van der Waals surface area (Å²) in [6.45, 7) is 12.2. The van der Waals surface area contributed by atoms with Gasteiger partial charge in [0.2, 0.25) is 5.79 Å². The van der Waals surface area contributed by atoms with Crippen molar-refractivity contribution in [3.05, 3.63) is 29.8 Å². The Kier molecular flexibility index (Phi) is 9.77. The highest BCUT2D eigenvalue weighted by atomic mass is 17.3. The van der Waals surface area contributed by atoms with Crippen LogP contribution in [0, 0.1) is 0 Å². The van der Waals surface area contributed by atoms with Crippen molar-refractivity contribution in [2.24, 2.45) is 0 Å². The van der Waals surface area contributed by atoms with Crippen molar-refractivity contribution in [2.75, 3.05) is 13.2 Å². The standard InChI is InChI=1S/C32H51NO7/c1-24(25-16-18-26(19-17-25)34-20-29-21-35-29)36-33-30(2,3)22-32(23-31(33,4)5,39-37-27-12-8-6-9-13-27)40-38-28-14-10-7-11-15-28/h16-19,24,27-29H,6-15,20-23H2,1-5H3. The van der Waals surface area contributed by atoms with Crippen molar-refractivity contribution in [1.82, 2.24) is 5.06 Å². The van der Waals surface area contributed by atoms with E-state index in [9.17, 15) is 0 Å². The Bertz CT molecular complexity index is 878. The summed E-state index contributed by atoms with van der Waals surface area (Å²) in [6.07, 6.45) is 12.7. The predicted octanol–water partition coefficient (Wildman–Crippen LogP) is 7.37. The third kappa shape index (κ3) is 7.97. The lowest BCUT2D eigenvalue weighted by molar-refractivity contribution is -0.549. The van der Waals surface area contributed by atoms with E-state index in [1.54, 1.807) is 0 Å². The predicted molar refractivity (Wildman–Crippen MR) is 151 cm³/mol. The van der Waals surface area contributed by atoms with Gasteiger partial charge in [0.1, 0.15) is 24.6 Å². The van der Waals surface area contributed by atoms with Crippen LogP contribution in [0.5, 0.6) is 5.75 Å². The molecule has 5 rings (SSSR count). The summed E-state index contributed by atoms with van der Waals surface area (Å²) in [6, 6.07) is 8.15. The van der Waals surface area contributed by atoms with Crippen LogP contribution >= 0.6 is 0 Å². The van der Waals surface area contributed by atoms with Gasteiger partial charge in [-0.2, -0.15) is 14.8 Å². The zero-order valence-electron chi connectivity index (χ0n) is 25.3. The molecule has 2 saturated carbocycles. The average Bonchev–Trinajstić information content (AvgIpc) is 3.77. The summed E-state index contributed by atoms with van der Waals surface area (Å²) in [5.74, 6) is -0.171. The fourth-order valence-electron chi connectivity index (χ4n) is 6.80. The van der Waals surface area contributed by atoms with Crippen molar-refractivity contribution in [2.45, 2.75) is 153 Å². The first-order chi connectivity index (χ1) is 19.1. The number of hydrogen-bond donors (Lipinski definition) is 0. The maximum Gasteiger partial charge on any atom is 0.237 e. The molecule has 2 unspecified atom stereocenters. The second kappa shape index (κ2) is 12.9. The van der Waals surface area contributed by atoms with Crippen LogP contribution < -0.4 is 4.74 Å². The van der Waals surface area contributed by atoms with Gasteiger partial charge in [0.05, 0.1) is 18.8 Å². The van der Waals surface area contributed by atoms with Crippen LogP contribution in [0.25, 0.3) is 0 Å². The molecule has 8 nitrogen and oxygen atoms in total. The number of rotatable bonds is 12. The lowest BCUT2D eigenvalue weighted by atomic mass is 9.78. The topological polar surface area (TPSA) is 71.2 Å². The first-order valence-corrected chi connectivity index (χ1v) is 15.6. The summed E-state index contributed by atoms with van der Waals surface area (Å²) in [5, 5.41) is 2.13. The van der Waals surface area contributed by atoms with E-state index < -0.39 is 16.9 Å². The van der Waals surface area contributed by atoms with E-state index in [4.69, 9.17) is 33.9 Å². The van der Waals surface area contributed by atoms with Crippen LogP contribution in [0.15, 0.2) is 24.3 Å². The molecule has 0 N–H and O–H groups in total. The van der Waals surface area contributed by atoms with Crippen molar-refractivity contribution < 1.29 is 33.9 Å². The van der Waals surface area contributed by atoms with Gasteiger partial charge in [-0.3, -0.25) is 4.84 Å². The first kappa shape index (κ1) is 30.2. The lowest BCUT2D eigenvalue weighted by Gasteiger charge is -2.56. The molecule has 2 heterocycles. The molecule has 4 fully saturated rings. The minimum absolute atomic E-state index is 0.105. The Balaban J connectivity index is 1.26. The van der Waals surface area contributed by atoms with E-state index in [2.05, 4.69) is 51.8 Å². The van der Waals surface area contributed by atoms with E-state index in [0.717, 1.165) is 43.6 Å². The van der Waals surface area contributed by atoms with Gasteiger partial charge in [-0.15, -0.1) is 0 Å². The summed E-state index contributed by atoms with van der Waals surface area (Å²) in [5.41, 5.74) is 0.247. The number of hydroxylamine groups is 2. The molecule has 0 aromatic heterocycles. The highest BCUT2D eigenvalue weighted by Crippen LogP contribution is 2.48. The SMILES string of the molecule is CC(ON1C(C)(C)CC(OOC2CCCCC2)(OOC2CCCCC2)CC1(C)C)c1ccc(OCC2CO2)cc1. The third-order valence-corrected chi connectivity index (χ3v) is 8.73. The van der Waals surface area contributed by atoms with Crippen LogP contribution in [0.3, 0.4) is 0 Å². The molecule has 0 amide bonds.